The summed E-state index contributed by atoms with van der Waals surface area (Å²) >= 11 is 0. The van der Waals surface area contributed by atoms with Crippen molar-refractivity contribution in [3.05, 3.63) is 71.5 Å². The Morgan fingerprint density at radius 1 is 0.739 bits per heavy atom. The Kier molecular flexibility index (Phi) is 4.11. The minimum atomic E-state index is 1.07. The van der Waals surface area contributed by atoms with Crippen LogP contribution in [0.4, 0.5) is 0 Å². The van der Waals surface area contributed by atoms with Gasteiger partial charge in [0, 0.05) is 29.7 Å². The zero-order valence-electron chi connectivity index (χ0n) is 14.0. The van der Waals surface area contributed by atoms with Crippen molar-refractivity contribution in [1.82, 2.24) is 14.8 Å². The van der Waals surface area contributed by atoms with Crippen LogP contribution in [0.2, 0.25) is 0 Å². The summed E-state index contributed by atoms with van der Waals surface area (Å²) in [6.45, 7) is 6.20. The van der Waals surface area contributed by atoms with Crippen molar-refractivity contribution >= 4 is 21.8 Å². The van der Waals surface area contributed by atoms with Crippen LogP contribution in [-0.2, 0) is 7.05 Å². The predicted octanol–water partition coefficient (Wildman–Crippen LogP) is 4.73. The van der Waals surface area contributed by atoms with E-state index in [2.05, 4.69) is 60.3 Å². The molecule has 0 unspecified atom stereocenters. The van der Waals surface area contributed by atoms with Crippen LogP contribution < -0.4 is 0 Å². The second-order valence-electron chi connectivity index (χ2n) is 6.01. The molecule has 0 amide bonds. The van der Waals surface area contributed by atoms with E-state index in [9.17, 15) is 0 Å². The second kappa shape index (κ2) is 6.21. The van der Waals surface area contributed by atoms with E-state index >= 15 is 0 Å². The SMILES string of the molecule is Cc1ccc2nc(C)ccc2c1.Cc1ccc2nn(C)cc2c1. The van der Waals surface area contributed by atoms with E-state index in [1.54, 1.807) is 0 Å². The van der Waals surface area contributed by atoms with Gasteiger partial charge in [0.2, 0.25) is 0 Å². The first-order valence-corrected chi connectivity index (χ1v) is 7.75. The van der Waals surface area contributed by atoms with Crippen molar-refractivity contribution in [2.75, 3.05) is 0 Å². The minimum absolute atomic E-state index is 1.07. The number of hydrogen-bond acceptors (Lipinski definition) is 2. The highest BCUT2D eigenvalue weighted by Crippen LogP contribution is 2.14. The molecule has 0 N–H and O–H groups in total. The molecular formula is C20H21N3. The Hall–Kier alpha value is -2.68. The van der Waals surface area contributed by atoms with Gasteiger partial charge in [-0.2, -0.15) is 5.10 Å². The highest BCUT2D eigenvalue weighted by Gasteiger charge is 1.96. The normalized spacial score (nSPS) is 10.6. The van der Waals surface area contributed by atoms with Crippen LogP contribution in [0, 0.1) is 20.8 Å². The van der Waals surface area contributed by atoms with Gasteiger partial charge in [0.15, 0.2) is 0 Å². The molecule has 0 spiro atoms. The molecule has 116 valence electrons. The van der Waals surface area contributed by atoms with E-state index in [0.29, 0.717) is 0 Å². The molecular weight excluding hydrogens is 282 g/mol. The maximum atomic E-state index is 4.42. The maximum Gasteiger partial charge on any atom is 0.0923 e. The fourth-order valence-electron chi connectivity index (χ4n) is 2.62. The molecule has 3 nitrogen and oxygen atoms in total. The van der Waals surface area contributed by atoms with Gasteiger partial charge in [-0.3, -0.25) is 9.67 Å². The molecule has 3 heteroatoms. The third-order valence-electron chi connectivity index (χ3n) is 3.76. The quantitative estimate of drug-likeness (QED) is 0.470. The molecule has 23 heavy (non-hydrogen) atoms. The average molecular weight is 303 g/mol. The van der Waals surface area contributed by atoms with E-state index in [1.165, 1.54) is 21.9 Å². The Labute approximate surface area is 136 Å². The lowest BCUT2D eigenvalue weighted by Crippen LogP contribution is -1.84. The summed E-state index contributed by atoms with van der Waals surface area (Å²) in [5.74, 6) is 0. The summed E-state index contributed by atoms with van der Waals surface area (Å²) in [4.78, 5) is 4.42. The van der Waals surface area contributed by atoms with Crippen LogP contribution in [-0.4, -0.2) is 14.8 Å². The Morgan fingerprint density at radius 2 is 1.39 bits per heavy atom. The Balaban J connectivity index is 0.000000136. The molecule has 0 aliphatic rings. The van der Waals surface area contributed by atoms with Crippen molar-refractivity contribution in [3.8, 4) is 0 Å². The molecule has 4 rings (SSSR count). The lowest BCUT2D eigenvalue weighted by Gasteiger charge is -1.99. The first kappa shape index (κ1) is 15.2. The summed E-state index contributed by atoms with van der Waals surface area (Å²) < 4.78 is 1.84. The number of benzene rings is 2. The fourth-order valence-corrected chi connectivity index (χ4v) is 2.62. The number of pyridine rings is 1. The van der Waals surface area contributed by atoms with Gasteiger partial charge in [0.25, 0.3) is 0 Å². The van der Waals surface area contributed by atoms with Crippen LogP contribution in [0.15, 0.2) is 54.7 Å². The number of fused-ring (bicyclic) bond motifs is 2. The molecule has 0 aliphatic carbocycles. The highest BCUT2D eigenvalue weighted by atomic mass is 15.2. The third kappa shape index (κ3) is 3.57. The molecule has 4 aromatic rings. The van der Waals surface area contributed by atoms with Crippen LogP contribution >= 0.6 is 0 Å². The van der Waals surface area contributed by atoms with Gasteiger partial charge in [0.1, 0.15) is 0 Å². The van der Waals surface area contributed by atoms with Crippen molar-refractivity contribution in [1.29, 1.82) is 0 Å². The largest absolute Gasteiger partial charge is 0.275 e. The third-order valence-corrected chi connectivity index (χ3v) is 3.76. The number of aromatic nitrogens is 3. The highest BCUT2D eigenvalue weighted by molar-refractivity contribution is 5.79. The number of rotatable bonds is 0. The molecule has 0 atom stereocenters. The van der Waals surface area contributed by atoms with Gasteiger partial charge >= 0.3 is 0 Å². The molecule has 0 aliphatic heterocycles. The van der Waals surface area contributed by atoms with E-state index < -0.39 is 0 Å². The molecule has 0 saturated carbocycles. The summed E-state index contributed by atoms with van der Waals surface area (Å²) in [7, 11) is 1.94. The van der Waals surface area contributed by atoms with Crippen molar-refractivity contribution in [3.63, 3.8) is 0 Å². The van der Waals surface area contributed by atoms with Crippen LogP contribution in [0.3, 0.4) is 0 Å². The second-order valence-corrected chi connectivity index (χ2v) is 6.01. The molecule has 2 heterocycles. The van der Waals surface area contributed by atoms with E-state index in [-0.39, 0.29) is 0 Å². The fraction of sp³-hybridized carbons (Fsp3) is 0.200. The maximum absolute atomic E-state index is 4.42. The predicted molar refractivity (Wildman–Crippen MR) is 96.7 cm³/mol. The smallest absolute Gasteiger partial charge is 0.0923 e. The Morgan fingerprint density at radius 3 is 2.13 bits per heavy atom. The van der Waals surface area contributed by atoms with Gasteiger partial charge in [0.05, 0.1) is 11.0 Å². The molecule has 0 radical (unpaired) electrons. The number of hydrogen-bond donors (Lipinski definition) is 0. The van der Waals surface area contributed by atoms with Gasteiger partial charge in [-0.05, 0) is 51.1 Å². The van der Waals surface area contributed by atoms with Crippen molar-refractivity contribution in [2.24, 2.45) is 7.05 Å². The number of nitrogens with zero attached hydrogens (tertiary/aromatic N) is 3. The topological polar surface area (TPSA) is 30.7 Å². The summed E-state index contributed by atoms with van der Waals surface area (Å²) in [5.41, 5.74) is 5.80. The minimum Gasteiger partial charge on any atom is -0.275 e. The number of aryl methyl sites for hydroxylation is 4. The molecule has 0 bridgehead atoms. The summed E-state index contributed by atoms with van der Waals surface area (Å²) in [6.07, 6.45) is 2.03. The first-order valence-electron chi connectivity index (χ1n) is 7.75. The zero-order chi connectivity index (χ0) is 16.4. The van der Waals surface area contributed by atoms with E-state index in [4.69, 9.17) is 0 Å². The lowest BCUT2D eigenvalue weighted by atomic mass is 10.1. The van der Waals surface area contributed by atoms with Gasteiger partial charge in [-0.15, -0.1) is 0 Å². The average Bonchev–Trinajstić information content (AvgIpc) is 2.87. The standard InChI is InChI=1S/C11H11N.C9H10N2/c1-8-3-6-11-10(7-8)5-4-9(2)12-11;1-7-3-4-9-8(5-7)6-11(2)10-9/h3-7H,1-2H3;3-6H,1-2H3. The summed E-state index contributed by atoms with van der Waals surface area (Å²) in [6, 6.07) is 16.7. The van der Waals surface area contributed by atoms with Gasteiger partial charge in [-0.25, -0.2) is 0 Å². The van der Waals surface area contributed by atoms with Crippen molar-refractivity contribution < 1.29 is 0 Å². The van der Waals surface area contributed by atoms with Crippen LogP contribution in [0.5, 0.6) is 0 Å². The molecule has 2 aromatic heterocycles. The van der Waals surface area contributed by atoms with Gasteiger partial charge < -0.3 is 0 Å². The summed E-state index contributed by atoms with van der Waals surface area (Å²) in [5, 5.41) is 6.71. The van der Waals surface area contributed by atoms with E-state index in [1.807, 2.05) is 37.0 Å². The lowest BCUT2D eigenvalue weighted by molar-refractivity contribution is 0.780. The first-order chi connectivity index (χ1) is 11.0. The monoisotopic (exact) mass is 303 g/mol. The van der Waals surface area contributed by atoms with Gasteiger partial charge in [-0.1, -0.05) is 29.3 Å². The van der Waals surface area contributed by atoms with Crippen LogP contribution in [0.25, 0.3) is 21.8 Å². The van der Waals surface area contributed by atoms with E-state index in [0.717, 1.165) is 16.7 Å². The van der Waals surface area contributed by atoms with Crippen LogP contribution in [0.1, 0.15) is 16.8 Å². The Bertz CT molecular complexity index is 926. The van der Waals surface area contributed by atoms with Crippen molar-refractivity contribution in [2.45, 2.75) is 20.8 Å². The molecule has 0 fully saturated rings. The molecule has 2 aromatic carbocycles. The molecule has 0 saturated heterocycles. The zero-order valence-corrected chi connectivity index (χ0v) is 14.0.